The molecule has 1 aliphatic heterocycles. The van der Waals surface area contributed by atoms with Crippen molar-refractivity contribution in [3.8, 4) is 5.75 Å². The Hall–Kier alpha value is -2.09. The maximum Gasteiger partial charge on any atom is 0.325 e. The standard InChI is InChI=1S/C15H18N2O5S/c18-13-15(8-4-5-9-15)17(14(19)16-13)10-11-23(20,21)22-12-6-2-1-3-7-12/h1-3,6-7H,4-5,8-11H2,(H,16,18,19). The second kappa shape index (κ2) is 5.84. The van der Waals surface area contributed by atoms with Crippen LogP contribution >= 0.6 is 0 Å². The van der Waals surface area contributed by atoms with E-state index in [1.54, 1.807) is 30.3 Å². The number of para-hydroxylation sites is 1. The summed E-state index contributed by atoms with van der Waals surface area (Å²) in [6, 6.07) is 7.66. The lowest BCUT2D eigenvalue weighted by atomic mass is 9.96. The molecule has 7 nitrogen and oxygen atoms in total. The number of urea groups is 1. The second-order valence-corrected chi connectivity index (χ2v) is 7.50. The Morgan fingerprint density at radius 1 is 1.13 bits per heavy atom. The molecule has 1 aromatic carbocycles. The third-order valence-corrected chi connectivity index (χ3v) is 5.50. The maximum atomic E-state index is 12.1. The molecule has 1 aliphatic carbocycles. The van der Waals surface area contributed by atoms with Gasteiger partial charge in [0.1, 0.15) is 17.0 Å². The number of hydrogen-bond acceptors (Lipinski definition) is 5. The Kier molecular flexibility index (Phi) is 4.01. The molecule has 23 heavy (non-hydrogen) atoms. The molecular formula is C15H18N2O5S. The van der Waals surface area contributed by atoms with E-state index < -0.39 is 21.7 Å². The van der Waals surface area contributed by atoms with Gasteiger partial charge in [-0.05, 0) is 25.0 Å². The Balaban J connectivity index is 1.69. The Bertz CT molecular complexity index is 711. The van der Waals surface area contributed by atoms with Crippen LogP contribution in [0, 0.1) is 0 Å². The van der Waals surface area contributed by atoms with Crippen LogP contribution in [0.2, 0.25) is 0 Å². The van der Waals surface area contributed by atoms with Crippen LogP contribution in [0.5, 0.6) is 5.75 Å². The largest absolute Gasteiger partial charge is 0.382 e. The van der Waals surface area contributed by atoms with Crippen LogP contribution in [0.3, 0.4) is 0 Å². The minimum absolute atomic E-state index is 0.0628. The fourth-order valence-corrected chi connectivity index (χ4v) is 4.13. The van der Waals surface area contributed by atoms with Crippen LogP contribution in [0.4, 0.5) is 4.79 Å². The normalized spacial score (nSPS) is 20.1. The number of imide groups is 1. The van der Waals surface area contributed by atoms with Crippen molar-refractivity contribution >= 4 is 22.1 Å². The predicted octanol–water partition coefficient (Wildman–Crippen LogP) is 1.26. The van der Waals surface area contributed by atoms with E-state index in [9.17, 15) is 18.0 Å². The molecule has 2 fully saturated rings. The lowest BCUT2D eigenvalue weighted by Gasteiger charge is -2.31. The van der Waals surface area contributed by atoms with Gasteiger partial charge >= 0.3 is 16.1 Å². The molecule has 1 aromatic rings. The van der Waals surface area contributed by atoms with Crippen molar-refractivity contribution < 1.29 is 22.2 Å². The summed E-state index contributed by atoms with van der Waals surface area (Å²) >= 11 is 0. The lowest BCUT2D eigenvalue weighted by Crippen LogP contribution is -2.49. The number of rotatable bonds is 5. The molecule has 0 unspecified atom stereocenters. The molecule has 0 atom stereocenters. The fourth-order valence-electron chi connectivity index (χ4n) is 3.24. The van der Waals surface area contributed by atoms with Gasteiger partial charge in [-0.3, -0.25) is 10.1 Å². The fraction of sp³-hybridized carbons (Fsp3) is 0.467. The van der Waals surface area contributed by atoms with Gasteiger partial charge in [-0.15, -0.1) is 0 Å². The molecule has 0 radical (unpaired) electrons. The van der Waals surface area contributed by atoms with Gasteiger partial charge in [0.25, 0.3) is 5.91 Å². The minimum Gasteiger partial charge on any atom is -0.382 e. The van der Waals surface area contributed by atoms with Gasteiger partial charge in [0, 0.05) is 6.54 Å². The highest BCUT2D eigenvalue weighted by molar-refractivity contribution is 7.87. The molecule has 1 spiro atoms. The highest BCUT2D eigenvalue weighted by atomic mass is 32.2. The lowest BCUT2D eigenvalue weighted by molar-refractivity contribution is -0.126. The Labute approximate surface area is 134 Å². The van der Waals surface area contributed by atoms with Gasteiger partial charge in [-0.2, -0.15) is 8.42 Å². The maximum absolute atomic E-state index is 12.1. The SMILES string of the molecule is O=C1NC(=O)C2(CCCC2)N1CCS(=O)(=O)Oc1ccccc1. The molecule has 1 saturated carbocycles. The first-order valence-electron chi connectivity index (χ1n) is 7.53. The molecule has 124 valence electrons. The molecule has 3 amide bonds. The van der Waals surface area contributed by atoms with E-state index in [1.807, 2.05) is 0 Å². The van der Waals surface area contributed by atoms with Crippen molar-refractivity contribution in [2.75, 3.05) is 12.3 Å². The van der Waals surface area contributed by atoms with Gasteiger partial charge in [-0.1, -0.05) is 31.0 Å². The van der Waals surface area contributed by atoms with Crippen molar-refractivity contribution in [1.29, 1.82) is 0 Å². The summed E-state index contributed by atoms with van der Waals surface area (Å²) in [7, 11) is -3.84. The summed E-state index contributed by atoms with van der Waals surface area (Å²) in [6.07, 6.45) is 2.85. The van der Waals surface area contributed by atoms with E-state index in [0.717, 1.165) is 12.8 Å². The van der Waals surface area contributed by atoms with Gasteiger partial charge in [0.05, 0.1) is 0 Å². The predicted molar refractivity (Wildman–Crippen MR) is 82.3 cm³/mol. The van der Waals surface area contributed by atoms with E-state index >= 15 is 0 Å². The zero-order valence-electron chi connectivity index (χ0n) is 12.5. The second-order valence-electron chi connectivity index (χ2n) is 5.81. The van der Waals surface area contributed by atoms with Gasteiger partial charge in [0.2, 0.25) is 0 Å². The van der Waals surface area contributed by atoms with Crippen LogP contribution < -0.4 is 9.50 Å². The average Bonchev–Trinajstić information content (AvgIpc) is 3.06. The first kappa shape index (κ1) is 15.8. The summed E-state index contributed by atoms with van der Waals surface area (Å²) in [5, 5.41) is 2.30. The number of nitrogens with zero attached hydrogens (tertiary/aromatic N) is 1. The average molecular weight is 338 g/mol. The van der Waals surface area contributed by atoms with Crippen LogP contribution in [-0.2, 0) is 14.9 Å². The molecule has 1 N–H and O–H groups in total. The van der Waals surface area contributed by atoms with Crippen LogP contribution in [0.25, 0.3) is 0 Å². The highest BCUT2D eigenvalue weighted by Crippen LogP contribution is 2.38. The van der Waals surface area contributed by atoms with Gasteiger partial charge in [-0.25, -0.2) is 4.79 Å². The zero-order valence-corrected chi connectivity index (χ0v) is 13.3. The van der Waals surface area contributed by atoms with E-state index in [4.69, 9.17) is 4.18 Å². The number of hydrogen-bond donors (Lipinski definition) is 1. The number of carbonyl (C=O) groups is 2. The number of amides is 3. The molecule has 8 heteroatoms. The Morgan fingerprint density at radius 3 is 2.43 bits per heavy atom. The summed E-state index contributed by atoms with van der Waals surface area (Å²) < 4.78 is 29.2. The third kappa shape index (κ3) is 3.03. The summed E-state index contributed by atoms with van der Waals surface area (Å²) in [5.74, 6) is -0.448. The highest BCUT2D eigenvalue weighted by Gasteiger charge is 2.54. The first-order chi connectivity index (χ1) is 10.9. The molecule has 1 saturated heterocycles. The minimum atomic E-state index is -3.84. The molecule has 2 aliphatic rings. The summed E-state index contributed by atoms with van der Waals surface area (Å²) in [6.45, 7) is -0.0628. The zero-order chi connectivity index (χ0) is 16.5. The van der Waals surface area contributed by atoms with E-state index in [1.165, 1.54) is 4.90 Å². The third-order valence-electron chi connectivity index (χ3n) is 4.37. The topological polar surface area (TPSA) is 92.8 Å². The van der Waals surface area contributed by atoms with Crippen LogP contribution in [-0.4, -0.2) is 43.1 Å². The molecule has 0 bridgehead atoms. The van der Waals surface area contributed by atoms with Gasteiger partial charge in [0.15, 0.2) is 0 Å². The summed E-state index contributed by atoms with van der Waals surface area (Å²) in [4.78, 5) is 25.4. The van der Waals surface area contributed by atoms with Crippen molar-refractivity contribution in [1.82, 2.24) is 10.2 Å². The van der Waals surface area contributed by atoms with Crippen LogP contribution in [0.1, 0.15) is 25.7 Å². The van der Waals surface area contributed by atoms with Crippen LogP contribution in [0.15, 0.2) is 30.3 Å². The first-order valence-corrected chi connectivity index (χ1v) is 9.11. The van der Waals surface area contributed by atoms with Crippen molar-refractivity contribution in [2.24, 2.45) is 0 Å². The monoisotopic (exact) mass is 338 g/mol. The smallest absolute Gasteiger partial charge is 0.325 e. The molecule has 3 rings (SSSR count). The summed E-state index contributed by atoms with van der Waals surface area (Å²) in [5.41, 5.74) is -0.876. The molecule has 0 aromatic heterocycles. The number of carbonyl (C=O) groups excluding carboxylic acids is 2. The van der Waals surface area contributed by atoms with Crippen molar-refractivity contribution in [2.45, 2.75) is 31.2 Å². The molecule has 1 heterocycles. The van der Waals surface area contributed by atoms with E-state index in [0.29, 0.717) is 12.8 Å². The van der Waals surface area contributed by atoms with Crippen molar-refractivity contribution in [3.05, 3.63) is 30.3 Å². The Morgan fingerprint density at radius 2 is 1.78 bits per heavy atom. The number of benzene rings is 1. The van der Waals surface area contributed by atoms with Crippen molar-refractivity contribution in [3.63, 3.8) is 0 Å². The van der Waals surface area contributed by atoms with E-state index in [2.05, 4.69) is 5.32 Å². The van der Waals surface area contributed by atoms with E-state index in [-0.39, 0.29) is 24.0 Å². The molecular weight excluding hydrogens is 320 g/mol. The quantitative estimate of drug-likeness (QED) is 0.644. The number of nitrogens with one attached hydrogen (secondary N) is 1. The van der Waals surface area contributed by atoms with Gasteiger partial charge < -0.3 is 9.08 Å².